The van der Waals surface area contributed by atoms with Crippen molar-refractivity contribution in [1.82, 2.24) is 19.9 Å². The van der Waals surface area contributed by atoms with Crippen LogP contribution in [-0.4, -0.2) is 56.2 Å². The lowest BCUT2D eigenvalue weighted by Crippen LogP contribution is -2.30. The van der Waals surface area contributed by atoms with Crippen LogP contribution in [0.1, 0.15) is 45.0 Å². The number of aromatic nitrogens is 4. The Balaban J connectivity index is 0.000000320. The standard InChI is InChI=1S/C9H15N3O3S.C9H13N3O3S/c2*1-6(7(2)16(10,13)14)8-4-12-9(15-3)5-11-8/h4-7H,1-3H3,(H2,10,13,14);4-5H,1-3H3,(H2,10,13,14)/b;7-6+/t6-,7-;/m0./s1. The van der Waals surface area contributed by atoms with E-state index in [1.165, 1.54) is 45.9 Å². The van der Waals surface area contributed by atoms with Gasteiger partial charge in [0.25, 0.3) is 0 Å². The second kappa shape index (κ2) is 11.3. The number of nitrogens with two attached hydrogens (primary N) is 2. The zero-order valence-corrected chi connectivity index (χ0v) is 20.3. The molecule has 0 bridgehead atoms. The lowest BCUT2D eigenvalue weighted by atomic mass is 10.1. The summed E-state index contributed by atoms with van der Waals surface area (Å²) in [4.78, 5) is 16.1. The second-order valence-electron chi connectivity index (χ2n) is 6.74. The quantitative estimate of drug-likeness (QED) is 0.563. The topological polar surface area (TPSA) is 190 Å². The Morgan fingerprint density at radius 1 is 0.844 bits per heavy atom. The third-order valence-electron chi connectivity index (χ3n) is 4.72. The second-order valence-corrected chi connectivity index (χ2v) is 10.4. The van der Waals surface area contributed by atoms with E-state index in [0.29, 0.717) is 28.7 Å². The molecule has 0 saturated heterocycles. The summed E-state index contributed by atoms with van der Waals surface area (Å²) in [6.07, 6.45) is 5.78. The highest BCUT2D eigenvalue weighted by Crippen LogP contribution is 2.21. The molecule has 0 aliphatic carbocycles. The molecular formula is C18H28N6O6S2. The molecule has 2 aromatic rings. The van der Waals surface area contributed by atoms with E-state index in [2.05, 4.69) is 19.9 Å². The zero-order valence-electron chi connectivity index (χ0n) is 18.7. The average Bonchev–Trinajstić information content (AvgIpc) is 2.76. The van der Waals surface area contributed by atoms with Crippen molar-refractivity contribution in [3.05, 3.63) is 41.1 Å². The highest BCUT2D eigenvalue weighted by Gasteiger charge is 2.25. The zero-order chi connectivity index (χ0) is 24.7. The summed E-state index contributed by atoms with van der Waals surface area (Å²) in [5, 5.41) is 9.39. The molecule has 0 aliphatic heterocycles. The first-order chi connectivity index (χ1) is 14.7. The number of primary sulfonamides is 2. The molecule has 0 spiro atoms. The summed E-state index contributed by atoms with van der Waals surface area (Å²) >= 11 is 0. The Morgan fingerprint density at radius 2 is 1.34 bits per heavy atom. The lowest BCUT2D eigenvalue weighted by molar-refractivity contribution is 0.394. The van der Waals surface area contributed by atoms with Crippen LogP contribution < -0.4 is 19.8 Å². The molecule has 0 amide bonds. The smallest absolute Gasteiger partial charge is 0.234 e. The van der Waals surface area contributed by atoms with Gasteiger partial charge in [0.05, 0.1) is 60.5 Å². The van der Waals surface area contributed by atoms with Crippen LogP contribution in [0, 0.1) is 0 Å². The van der Waals surface area contributed by atoms with Gasteiger partial charge in [-0.1, -0.05) is 6.92 Å². The van der Waals surface area contributed by atoms with Crippen molar-refractivity contribution in [3.8, 4) is 11.8 Å². The lowest BCUT2D eigenvalue weighted by Gasteiger charge is -2.16. The molecule has 0 saturated carbocycles. The van der Waals surface area contributed by atoms with E-state index in [0.717, 1.165) is 0 Å². The summed E-state index contributed by atoms with van der Waals surface area (Å²) in [5.74, 6) is 0.442. The van der Waals surface area contributed by atoms with E-state index >= 15 is 0 Å². The van der Waals surface area contributed by atoms with Crippen molar-refractivity contribution in [2.24, 2.45) is 10.3 Å². The molecule has 32 heavy (non-hydrogen) atoms. The maximum Gasteiger partial charge on any atom is 0.234 e. The first-order valence-corrected chi connectivity index (χ1v) is 12.3. The first kappa shape index (κ1) is 27.4. The predicted octanol–water partition coefficient (Wildman–Crippen LogP) is 0.790. The Labute approximate surface area is 188 Å². The van der Waals surface area contributed by atoms with E-state index in [4.69, 9.17) is 19.8 Å². The van der Waals surface area contributed by atoms with Gasteiger partial charge < -0.3 is 9.47 Å². The molecule has 0 aliphatic rings. The Kier molecular flexibility index (Phi) is 9.63. The van der Waals surface area contributed by atoms with Gasteiger partial charge in [0.15, 0.2) is 0 Å². The molecule has 0 fully saturated rings. The number of hydrogen-bond acceptors (Lipinski definition) is 10. The minimum atomic E-state index is -3.69. The molecule has 2 aromatic heterocycles. The van der Waals surface area contributed by atoms with Crippen LogP contribution in [0.2, 0.25) is 0 Å². The number of allylic oxidation sites excluding steroid dienone is 2. The highest BCUT2D eigenvalue weighted by atomic mass is 32.2. The molecule has 2 heterocycles. The van der Waals surface area contributed by atoms with Crippen molar-refractivity contribution >= 4 is 25.6 Å². The van der Waals surface area contributed by atoms with Gasteiger partial charge in [-0.25, -0.2) is 42.1 Å². The summed E-state index contributed by atoms with van der Waals surface area (Å²) in [6.45, 7) is 6.34. The molecular weight excluding hydrogens is 460 g/mol. The van der Waals surface area contributed by atoms with Gasteiger partial charge >= 0.3 is 0 Å². The molecule has 178 valence electrons. The fourth-order valence-electron chi connectivity index (χ4n) is 2.20. The minimum absolute atomic E-state index is 0.0759. The van der Waals surface area contributed by atoms with Crippen molar-refractivity contribution in [2.75, 3.05) is 14.2 Å². The fourth-order valence-corrected chi connectivity index (χ4v) is 3.44. The SMILES string of the molecule is COc1cnc(/C(C)=C(\C)S(N)(=O)=O)cn1.COc1cnc([C@@H](C)[C@H](C)S(N)(=O)=O)cn1. The largest absolute Gasteiger partial charge is 0.480 e. The first-order valence-electron chi connectivity index (χ1n) is 9.16. The van der Waals surface area contributed by atoms with Gasteiger partial charge in [-0.05, 0) is 26.3 Å². The maximum absolute atomic E-state index is 11.2. The maximum atomic E-state index is 11.2. The van der Waals surface area contributed by atoms with Crippen molar-refractivity contribution in [2.45, 2.75) is 38.9 Å². The molecule has 0 unspecified atom stereocenters. The molecule has 2 rings (SSSR count). The molecule has 12 nitrogen and oxygen atoms in total. The van der Waals surface area contributed by atoms with E-state index in [1.54, 1.807) is 20.8 Å². The molecule has 0 aromatic carbocycles. The van der Waals surface area contributed by atoms with Crippen molar-refractivity contribution in [1.29, 1.82) is 0 Å². The van der Waals surface area contributed by atoms with Crippen LogP contribution in [0.3, 0.4) is 0 Å². The third kappa shape index (κ3) is 7.78. The van der Waals surface area contributed by atoms with Gasteiger partial charge in [0.2, 0.25) is 31.8 Å². The average molecular weight is 489 g/mol. The van der Waals surface area contributed by atoms with Crippen LogP contribution in [0.4, 0.5) is 0 Å². The van der Waals surface area contributed by atoms with Crippen LogP contribution in [0.25, 0.3) is 5.57 Å². The van der Waals surface area contributed by atoms with E-state index in [1.807, 2.05) is 0 Å². The predicted molar refractivity (Wildman–Crippen MR) is 120 cm³/mol. The van der Waals surface area contributed by atoms with Crippen LogP contribution >= 0.6 is 0 Å². The summed E-state index contributed by atoms with van der Waals surface area (Å²) in [6, 6.07) is 0. The summed E-state index contributed by atoms with van der Waals surface area (Å²) in [5.41, 5.74) is 1.49. The normalized spacial score (nSPS) is 14.4. The van der Waals surface area contributed by atoms with Gasteiger partial charge in [-0.2, -0.15) is 0 Å². The van der Waals surface area contributed by atoms with Crippen LogP contribution in [0.15, 0.2) is 29.7 Å². The number of sulfonamides is 2. The van der Waals surface area contributed by atoms with E-state index in [-0.39, 0.29) is 10.8 Å². The molecule has 4 N–H and O–H groups in total. The van der Waals surface area contributed by atoms with E-state index < -0.39 is 25.3 Å². The van der Waals surface area contributed by atoms with Gasteiger partial charge in [-0.15, -0.1) is 0 Å². The highest BCUT2D eigenvalue weighted by molar-refractivity contribution is 7.93. The molecule has 14 heteroatoms. The third-order valence-corrected chi connectivity index (χ3v) is 7.33. The Hall–Kier alpha value is -2.68. The van der Waals surface area contributed by atoms with Crippen molar-refractivity contribution < 1.29 is 26.3 Å². The molecule has 2 atom stereocenters. The monoisotopic (exact) mass is 488 g/mol. The fraction of sp³-hybridized carbons (Fsp3) is 0.444. The van der Waals surface area contributed by atoms with Crippen molar-refractivity contribution in [3.63, 3.8) is 0 Å². The Bertz CT molecular complexity index is 1130. The Morgan fingerprint density at radius 3 is 1.69 bits per heavy atom. The molecule has 0 radical (unpaired) electrons. The minimum Gasteiger partial charge on any atom is -0.480 e. The van der Waals surface area contributed by atoms with Gasteiger partial charge in [-0.3, -0.25) is 4.98 Å². The number of nitrogens with zero attached hydrogens (tertiary/aromatic N) is 4. The van der Waals surface area contributed by atoms with Gasteiger partial charge in [0.1, 0.15) is 0 Å². The van der Waals surface area contributed by atoms with Crippen LogP contribution in [-0.2, 0) is 20.0 Å². The number of hydrogen-bond donors (Lipinski definition) is 2. The number of methoxy groups -OCH3 is 2. The summed E-state index contributed by atoms with van der Waals surface area (Å²) < 4.78 is 54.3. The number of rotatable bonds is 7. The van der Waals surface area contributed by atoms with E-state index in [9.17, 15) is 16.8 Å². The van der Waals surface area contributed by atoms with Gasteiger partial charge in [0, 0.05) is 5.92 Å². The summed E-state index contributed by atoms with van der Waals surface area (Å²) in [7, 11) is -4.29. The van der Waals surface area contributed by atoms with Crippen LogP contribution in [0.5, 0.6) is 11.8 Å². The number of ether oxygens (including phenoxy) is 2.